The zero-order valence-corrected chi connectivity index (χ0v) is 14.5. The number of nitro groups is 1. The smallest absolute Gasteiger partial charge is 0.436 e. The van der Waals surface area contributed by atoms with E-state index in [9.17, 15) is 32.2 Å². The van der Waals surface area contributed by atoms with Crippen LogP contribution in [0, 0.1) is 15.9 Å². The Morgan fingerprint density at radius 1 is 1.35 bits per heavy atom. The van der Waals surface area contributed by atoms with Crippen LogP contribution in [0.25, 0.3) is 0 Å². The maximum absolute atomic E-state index is 13.9. The molecule has 0 aliphatic heterocycles. The molecule has 1 heterocycles. The molecular formula is C14H9ClF4N2O4P+. The van der Waals surface area contributed by atoms with Gasteiger partial charge in [0, 0.05) is 23.9 Å². The fraction of sp³-hybridized carbons (Fsp3) is 0.214. The highest BCUT2D eigenvalue weighted by atomic mass is 35.7. The topological polar surface area (TPSA) is 82.3 Å². The van der Waals surface area contributed by atoms with Crippen LogP contribution in [0.2, 0.25) is 0 Å². The second-order valence-electron chi connectivity index (χ2n) is 4.91. The van der Waals surface area contributed by atoms with E-state index in [0.29, 0.717) is 6.20 Å². The molecule has 1 aromatic heterocycles. The maximum Gasteiger partial charge on any atom is 0.501 e. The minimum absolute atomic E-state index is 0.150. The van der Waals surface area contributed by atoms with Crippen LogP contribution in [0.3, 0.4) is 0 Å². The van der Waals surface area contributed by atoms with E-state index in [1.165, 1.54) is 0 Å². The molecule has 0 spiro atoms. The Balaban J connectivity index is 2.51. The van der Waals surface area contributed by atoms with Gasteiger partial charge in [-0.1, -0.05) is 6.92 Å². The summed E-state index contributed by atoms with van der Waals surface area (Å²) in [6.07, 6.45) is -4.19. The van der Waals surface area contributed by atoms with Gasteiger partial charge in [0.1, 0.15) is 5.75 Å². The molecule has 12 heteroatoms. The summed E-state index contributed by atoms with van der Waals surface area (Å²) < 4.78 is 68.2. The molecule has 0 saturated carbocycles. The number of rotatable bonds is 5. The molecule has 2 aromatic rings. The summed E-state index contributed by atoms with van der Waals surface area (Å²) in [6, 6.07) is 2.26. The van der Waals surface area contributed by atoms with Gasteiger partial charge in [-0.15, -0.1) is 0 Å². The van der Waals surface area contributed by atoms with E-state index in [-0.39, 0.29) is 29.1 Å². The lowest BCUT2D eigenvalue weighted by Gasteiger charge is -2.11. The fourth-order valence-corrected chi connectivity index (χ4v) is 2.97. The van der Waals surface area contributed by atoms with Gasteiger partial charge >= 0.3 is 19.0 Å². The summed E-state index contributed by atoms with van der Waals surface area (Å²) in [6.45, 7) is 1.61. The summed E-state index contributed by atoms with van der Waals surface area (Å²) in [5, 5.41) is 10.7. The molecule has 0 saturated heterocycles. The number of nitro benzene ring substituents is 1. The fourth-order valence-electron chi connectivity index (χ4n) is 2.02. The lowest BCUT2D eigenvalue weighted by molar-refractivity contribution is -0.383. The Morgan fingerprint density at radius 2 is 2.00 bits per heavy atom. The molecule has 1 atom stereocenters. The molecule has 1 aromatic carbocycles. The average molecular weight is 412 g/mol. The van der Waals surface area contributed by atoms with Crippen LogP contribution in [0.1, 0.15) is 18.1 Å². The molecule has 6 nitrogen and oxygen atoms in total. The van der Waals surface area contributed by atoms with E-state index in [0.717, 1.165) is 12.1 Å². The van der Waals surface area contributed by atoms with Crippen molar-refractivity contribution in [3.63, 3.8) is 0 Å². The SMILES string of the molecule is CCc1cc([N+](=O)[O-])c([P+](=O)Cl)cc1Oc1ncc(C(F)(F)F)cc1F. The van der Waals surface area contributed by atoms with Crippen molar-refractivity contribution in [3.05, 3.63) is 51.5 Å². The number of halogens is 5. The van der Waals surface area contributed by atoms with Crippen molar-refractivity contribution >= 4 is 29.4 Å². The number of hydrogen-bond acceptors (Lipinski definition) is 5. The van der Waals surface area contributed by atoms with Crippen molar-refractivity contribution < 1.29 is 31.8 Å². The summed E-state index contributed by atoms with van der Waals surface area (Å²) in [7, 11) is -2.65. The van der Waals surface area contributed by atoms with Crippen LogP contribution < -0.4 is 10.0 Å². The third-order valence-corrected chi connectivity index (χ3v) is 4.55. The van der Waals surface area contributed by atoms with E-state index in [1.54, 1.807) is 6.92 Å². The number of nitrogens with zero attached hydrogens (tertiary/aromatic N) is 2. The molecule has 0 bridgehead atoms. The second kappa shape index (κ2) is 7.51. The first-order valence-corrected chi connectivity index (χ1v) is 9.06. The monoisotopic (exact) mass is 411 g/mol. The van der Waals surface area contributed by atoms with Crippen molar-refractivity contribution in [3.8, 4) is 11.6 Å². The van der Waals surface area contributed by atoms with Gasteiger partial charge < -0.3 is 4.74 Å². The highest BCUT2D eigenvalue weighted by Crippen LogP contribution is 2.37. The molecule has 1 unspecified atom stereocenters. The molecule has 0 aliphatic carbocycles. The number of alkyl halides is 3. The Labute approximate surface area is 149 Å². The largest absolute Gasteiger partial charge is 0.501 e. The van der Waals surface area contributed by atoms with Gasteiger partial charge in [-0.3, -0.25) is 10.1 Å². The molecule has 2 rings (SSSR count). The Morgan fingerprint density at radius 3 is 2.46 bits per heavy atom. The third-order valence-electron chi connectivity index (χ3n) is 3.27. The zero-order chi connectivity index (χ0) is 19.6. The van der Waals surface area contributed by atoms with Gasteiger partial charge in [-0.25, -0.2) is 9.37 Å². The van der Waals surface area contributed by atoms with Gasteiger partial charge in [0.25, 0.3) is 11.2 Å². The third kappa shape index (κ3) is 4.25. The van der Waals surface area contributed by atoms with Gasteiger partial charge in [-0.2, -0.15) is 13.2 Å². The van der Waals surface area contributed by atoms with E-state index < -0.39 is 41.2 Å². The Bertz CT molecular complexity index is 892. The van der Waals surface area contributed by atoms with Crippen LogP contribution in [0.5, 0.6) is 11.6 Å². The molecule has 0 amide bonds. The second-order valence-corrected chi connectivity index (χ2v) is 6.81. The standard InChI is InChI=1S/C14H9ClF4N2O4P/c1-2-7-3-10(21(22)23)12(26(15)24)5-11(7)25-13-9(16)4-8(6-20-13)14(17,18)19/h3-6H,2H2,1H3/q+1. The van der Waals surface area contributed by atoms with E-state index in [4.69, 9.17) is 16.0 Å². The lowest BCUT2D eigenvalue weighted by atomic mass is 10.1. The van der Waals surface area contributed by atoms with Crippen molar-refractivity contribution in [2.75, 3.05) is 0 Å². The van der Waals surface area contributed by atoms with E-state index in [2.05, 4.69) is 4.98 Å². The van der Waals surface area contributed by atoms with E-state index >= 15 is 0 Å². The first-order valence-electron chi connectivity index (χ1n) is 6.89. The highest BCUT2D eigenvalue weighted by Gasteiger charge is 2.34. The number of ether oxygens (including phenoxy) is 1. The van der Waals surface area contributed by atoms with Crippen LogP contribution in [-0.2, 0) is 17.2 Å². The first-order chi connectivity index (χ1) is 12.0. The zero-order valence-electron chi connectivity index (χ0n) is 12.9. The molecule has 0 fully saturated rings. The number of benzene rings is 1. The van der Waals surface area contributed by atoms with Crippen LogP contribution in [0.15, 0.2) is 24.4 Å². The Hall–Kier alpha value is -2.32. The Kier molecular flexibility index (Phi) is 5.77. The highest BCUT2D eigenvalue weighted by molar-refractivity contribution is 7.80. The molecule has 26 heavy (non-hydrogen) atoms. The van der Waals surface area contributed by atoms with Gasteiger partial charge in [0.2, 0.25) is 11.2 Å². The number of aryl methyl sites for hydroxylation is 1. The molecular weight excluding hydrogens is 403 g/mol. The normalized spacial score (nSPS) is 12.0. The number of pyridine rings is 1. The van der Waals surface area contributed by atoms with Crippen molar-refractivity contribution in [1.82, 2.24) is 4.98 Å². The van der Waals surface area contributed by atoms with E-state index in [1.807, 2.05) is 0 Å². The molecule has 0 radical (unpaired) electrons. The predicted molar refractivity (Wildman–Crippen MR) is 84.8 cm³/mol. The van der Waals surface area contributed by atoms with Crippen LogP contribution in [-0.4, -0.2) is 9.91 Å². The summed E-state index contributed by atoms with van der Waals surface area (Å²) in [5.74, 6) is -2.29. The van der Waals surface area contributed by atoms with Crippen LogP contribution >= 0.6 is 18.4 Å². The summed E-state index contributed by atoms with van der Waals surface area (Å²) in [4.78, 5) is 13.6. The van der Waals surface area contributed by atoms with Gasteiger partial charge in [0.05, 0.1) is 10.5 Å². The maximum atomic E-state index is 13.9. The average Bonchev–Trinajstić information content (AvgIpc) is 2.54. The predicted octanol–water partition coefficient (Wildman–Crippen LogP) is 5.11. The van der Waals surface area contributed by atoms with Gasteiger partial charge in [0.15, 0.2) is 5.82 Å². The van der Waals surface area contributed by atoms with Crippen molar-refractivity contribution in [2.45, 2.75) is 19.5 Å². The minimum atomic E-state index is -4.78. The summed E-state index contributed by atoms with van der Waals surface area (Å²) in [5.41, 5.74) is -1.58. The quantitative estimate of drug-likeness (QED) is 0.295. The number of aromatic nitrogens is 1. The lowest BCUT2D eigenvalue weighted by Crippen LogP contribution is -2.09. The van der Waals surface area contributed by atoms with Crippen molar-refractivity contribution in [1.29, 1.82) is 0 Å². The molecule has 0 N–H and O–H groups in total. The molecule has 0 aliphatic rings. The summed E-state index contributed by atoms with van der Waals surface area (Å²) >= 11 is 5.46. The van der Waals surface area contributed by atoms with Crippen molar-refractivity contribution in [2.24, 2.45) is 0 Å². The molecule has 138 valence electrons. The minimum Gasteiger partial charge on any atom is -0.436 e. The van der Waals surface area contributed by atoms with Crippen LogP contribution in [0.4, 0.5) is 23.2 Å². The number of hydrogen-bond donors (Lipinski definition) is 0. The van der Waals surface area contributed by atoms with Gasteiger partial charge in [-0.05, 0) is 17.1 Å². The first kappa shape index (κ1) is 20.0.